The van der Waals surface area contributed by atoms with Gasteiger partial charge in [-0.1, -0.05) is 44.2 Å². The number of ketones is 1. The number of hydrogen-bond donors (Lipinski definition) is 1. The van der Waals surface area contributed by atoms with E-state index in [2.05, 4.69) is 0 Å². The minimum absolute atomic E-state index is 0.0243. The molecule has 6 nitrogen and oxygen atoms in total. The van der Waals surface area contributed by atoms with E-state index in [1.54, 1.807) is 36.3 Å². The number of allylic oxidation sites excluding steroid dienone is 2. The van der Waals surface area contributed by atoms with Crippen LogP contribution in [-0.4, -0.2) is 24.7 Å². The number of nitrogens with zero attached hydrogens (tertiary/aromatic N) is 1. The van der Waals surface area contributed by atoms with Gasteiger partial charge < -0.3 is 10.5 Å². The zero-order chi connectivity index (χ0) is 22.3. The van der Waals surface area contributed by atoms with Gasteiger partial charge in [0.1, 0.15) is 5.75 Å². The highest BCUT2D eigenvalue weighted by Gasteiger charge is 2.45. The molecule has 0 bridgehead atoms. The Morgan fingerprint density at radius 1 is 1.06 bits per heavy atom. The van der Waals surface area contributed by atoms with Crippen LogP contribution in [0.3, 0.4) is 0 Å². The van der Waals surface area contributed by atoms with E-state index in [9.17, 15) is 14.4 Å². The van der Waals surface area contributed by atoms with Crippen LogP contribution in [0, 0.1) is 5.41 Å². The second-order valence-corrected chi connectivity index (χ2v) is 8.91. The summed E-state index contributed by atoms with van der Waals surface area (Å²) in [6.07, 6.45) is 1.05. The molecule has 1 atom stereocenters. The maximum atomic E-state index is 13.5. The van der Waals surface area contributed by atoms with E-state index in [1.807, 2.05) is 38.1 Å². The Balaban J connectivity index is 1.96. The third-order valence-corrected chi connectivity index (χ3v) is 6.07. The van der Waals surface area contributed by atoms with Crippen LogP contribution in [0.5, 0.6) is 5.75 Å². The van der Waals surface area contributed by atoms with Gasteiger partial charge in [0.2, 0.25) is 5.91 Å². The van der Waals surface area contributed by atoms with Crippen molar-refractivity contribution in [1.82, 2.24) is 0 Å². The molecule has 4 rings (SSSR count). The van der Waals surface area contributed by atoms with Crippen LogP contribution < -0.4 is 15.4 Å². The van der Waals surface area contributed by atoms with Gasteiger partial charge in [0.25, 0.3) is 5.91 Å². The zero-order valence-corrected chi connectivity index (χ0v) is 18.0. The van der Waals surface area contributed by atoms with Crippen molar-refractivity contribution >= 4 is 23.3 Å². The van der Waals surface area contributed by atoms with Gasteiger partial charge in [0, 0.05) is 35.6 Å². The molecule has 0 radical (unpaired) electrons. The summed E-state index contributed by atoms with van der Waals surface area (Å²) in [5.74, 6) is -0.501. The minimum atomic E-state index is -0.612. The lowest BCUT2D eigenvalue weighted by Crippen LogP contribution is -2.44. The smallest absolute Gasteiger partial charge is 0.250 e. The van der Waals surface area contributed by atoms with Crippen LogP contribution in [-0.2, 0) is 9.59 Å². The molecule has 1 heterocycles. The minimum Gasteiger partial charge on any atom is -0.496 e. The molecule has 0 fully saturated rings. The summed E-state index contributed by atoms with van der Waals surface area (Å²) in [5, 5.41) is 0. The molecule has 0 aromatic heterocycles. The number of anilines is 1. The summed E-state index contributed by atoms with van der Waals surface area (Å²) in [4.78, 5) is 40.5. The highest BCUT2D eigenvalue weighted by atomic mass is 16.5. The summed E-state index contributed by atoms with van der Waals surface area (Å²) < 4.78 is 5.53. The highest BCUT2D eigenvalue weighted by molar-refractivity contribution is 6.11. The fourth-order valence-electron chi connectivity index (χ4n) is 4.79. The topological polar surface area (TPSA) is 89.7 Å². The molecule has 1 aliphatic heterocycles. The molecule has 160 valence electrons. The second kappa shape index (κ2) is 7.69. The van der Waals surface area contributed by atoms with Crippen LogP contribution in [0.25, 0.3) is 0 Å². The SMILES string of the molecule is COc1ccccc1C1CC(=O)N(c2ccccc2C(N)=O)C2=C1C(=O)CC(C)(C)C2. The first-order chi connectivity index (χ1) is 14.7. The van der Waals surface area contributed by atoms with Crippen LogP contribution in [0.2, 0.25) is 0 Å². The summed E-state index contributed by atoms with van der Waals surface area (Å²) >= 11 is 0. The number of carbonyl (C=O) groups excluding carboxylic acids is 3. The third kappa shape index (κ3) is 3.63. The molecule has 2 aliphatic rings. The number of amides is 2. The molecule has 2 N–H and O–H groups in total. The van der Waals surface area contributed by atoms with E-state index >= 15 is 0 Å². The van der Waals surface area contributed by atoms with Crippen molar-refractivity contribution in [3.8, 4) is 5.75 Å². The molecular formula is C25H26N2O4. The fraction of sp³-hybridized carbons (Fsp3) is 0.320. The molecule has 2 aromatic rings. The number of methoxy groups -OCH3 is 1. The average Bonchev–Trinajstić information content (AvgIpc) is 2.72. The molecule has 1 unspecified atom stereocenters. The molecule has 0 saturated carbocycles. The second-order valence-electron chi connectivity index (χ2n) is 8.91. The van der Waals surface area contributed by atoms with Gasteiger partial charge in [-0.3, -0.25) is 19.3 Å². The van der Waals surface area contributed by atoms with E-state index in [0.29, 0.717) is 35.5 Å². The number of para-hydroxylation sites is 2. The standard InChI is InChI=1S/C25H26N2O4/c1-25(2)13-19-23(20(28)14-25)17(15-8-5-7-11-21(15)31-3)12-22(29)27(19)18-10-6-4-9-16(18)24(26)30/h4-11,17H,12-14H2,1-3H3,(H2,26,30). The Hall–Kier alpha value is -3.41. The maximum absolute atomic E-state index is 13.5. The monoisotopic (exact) mass is 418 g/mol. The average molecular weight is 418 g/mol. The first-order valence-electron chi connectivity index (χ1n) is 10.3. The lowest BCUT2D eigenvalue weighted by molar-refractivity contribution is -0.121. The van der Waals surface area contributed by atoms with Crippen molar-refractivity contribution < 1.29 is 19.1 Å². The molecule has 0 spiro atoms. The number of rotatable bonds is 4. The summed E-state index contributed by atoms with van der Waals surface area (Å²) in [5.41, 5.74) is 8.08. The Morgan fingerprint density at radius 3 is 2.45 bits per heavy atom. The van der Waals surface area contributed by atoms with Gasteiger partial charge >= 0.3 is 0 Å². The normalized spacial score (nSPS) is 20.5. The van der Waals surface area contributed by atoms with Crippen molar-refractivity contribution in [3.05, 3.63) is 70.9 Å². The van der Waals surface area contributed by atoms with E-state index in [1.165, 1.54) is 0 Å². The highest BCUT2D eigenvalue weighted by Crippen LogP contribution is 2.49. The predicted octanol–water partition coefficient (Wildman–Crippen LogP) is 3.96. The number of benzene rings is 2. The number of Topliss-reactive ketones (excluding diaryl/α,β-unsaturated/α-hetero) is 1. The van der Waals surface area contributed by atoms with Crippen molar-refractivity contribution in [2.45, 2.75) is 39.0 Å². The Morgan fingerprint density at radius 2 is 1.74 bits per heavy atom. The van der Waals surface area contributed by atoms with E-state index < -0.39 is 5.91 Å². The van der Waals surface area contributed by atoms with Gasteiger partial charge in [-0.15, -0.1) is 0 Å². The van der Waals surface area contributed by atoms with Gasteiger partial charge in [-0.2, -0.15) is 0 Å². The van der Waals surface area contributed by atoms with Crippen molar-refractivity contribution in [3.63, 3.8) is 0 Å². The fourth-order valence-corrected chi connectivity index (χ4v) is 4.79. The van der Waals surface area contributed by atoms with Crippen molar-refractivity contribution in [2.75, 3.05) is 12.0 Å². The summed E-state index contributed by atoms with van der Waals surface area (Å²) in [7, 11) is 1.58. The first-order valence-corrected chi connectivity index (χ1v) is 10.3. The lowest BCUT2D eigenvalue weighted by Gasteiger charge is -2.43. The van der Waals surface area contributed by atoms with Crippen molar-refractivity contribution in [2.24, 2.45) is 11.1 Å². The van der Waals surface area contributed by atoms with Crippen LogP contribution in [0.15, 0.2) is 59.8 Å². The summed E-state index contributed by atoms with van der Waals surface area (Å²) in [6.45, 7) is 4.04. The largest absolute Gasteiger partial charge is 0.496 e. The number of hydrogen-bond acceptors (Lipinski definition) is 4. The Labute approximate surface area is 181 Å². The Bertz CT molecular complexity index is 1120. The molecule has 0 saturated heterocycles. The molecular weight excluding hydrogens is 392 g/mol. The molecule has 1 aliphatic carbocycles. The maximum Gasteiger partial charge on any atom is 0.250 e. The predicted molar refractivity (Wildman–Crippen MR) is 118 cm³/mol. The zero-order valence-electron chi connectivity index (χ0n) is 18.0. The lowest BCUT2D eigenvalue weighted by atomic mass is 9.69. The van der Waals surface area contributed by atoms with Gasteiger partial charge in [-0.05, 0) is 30.0 Å². The van der Waals surface area contributed by atoms with E-state index in [-0.39, 0.29) is 35.0 Å². The summed E-state index contributed by atoms with van der Waals surface area (Å²) in [6, 6.07) is 14.3. The number of ether oxygens (including phenoxy) is 1. The van der Waals surface area contributed by atoms with Crippen LogP contribution in [0.4, 0.5) is 5.69 Å². The number of nitrogens with two attached hydrogens (primary N) is 1. The molecule has 31 heavy (non-hydrogen) atoms. The first kappa shape index (κ1) is 20.8. The molecule has 6 heteroatoms. The third-order valence-electron chi connectivity index (χ3n) is 6.07. The van der Waals surface area contributed by atoms with Gasteiger partial charge in [0.05, 0.1) is 18.4 Å². The Kier molecular flexibility index (Phi) is 5.17. The van der Waals surface area contributed by atoms with Crippen molar-refractivity contribution in [1.29, 1.82) is 0 Å². The van der Waals surface area contributed by atoms with E-state index in [4.69, 9.17) is 10.5 Å². The van der Waals surface area contributed by atoms with Crippen LogP contribution in [0.1, 0.15) is 54.9 Å². The van der Waals surface area contributed by atoms with Crippen LogP contribution >= 0.6 is 0 Å². The van der Waals surface area contributed by atoms with E-state index in [0.717, 1.165) is 5.56 Å². The molecule has 2 amide bonds. The van der Waals surface area contributed by atoms with Gasteiger partial charge in [0.15, 0.2) is 5.78 Å². The number of primary amides is 1. The molecule has 2 aromatic carbocycles. The number of carbonyl (C=O) groups is 3. The van der Waals surface area contributed by atoms with Gasteiger partial charge in [-0.25, -0.2) is 0 Å². The quantitative estimate of drug-likeness (QED) is 0.814.